The molecule has 9 nitrogen and oxygen atoms in total. The second-order valence-electron chi connectivity index (χ2n) is 6.99. The lowest BCUT2D eigenvalue weighted by atomic mass is 9.97. The Labute approximate surface area is 152 Å². The molecule has 1 unspecified atom stereocenters. The number of aromatic amines is 1. The minimum absolute atomic E-state index is 0.0774. The predicted octanol–water partition coefficient (Wildman–Crippen LogP) is 0.503. The number of hydrogen-bond donors (Lipinski definition) is 2. The summed E-state index contributed by atoms with van der Waals surface area (Å²) in [6.07, 6.45) is 2.24. The van der Waals surface area contributed by atoms with Crippen molar-refractivity contribution in [1.29, 1.82) is 0 Å². The zero-order valence-corrected chi connectivity index (χ0v) is 15.8. The van der Waals surface area contributed by atoms with Gasteiger partial charge in [-0.15, -0.1) is 0 Å². The van der Waals surface area contributed by atoms with Crippen molar-refractivity contribution >= 4 is 21.9 Å². The van der Waals surface area contributed by atoms with E-state index in [9.17, 15) is 23.1 Å². The van der Waals surface area contributed by atoms with Crippen molar-refractivity contribution in [2.45, 2.75) is 50.5 Å². The van der Waals surface area contributed by atoms with Gasteiger partial charge in [-0.2, -0.15) is 9.40 Å². The van der Waals surface area contributed by atoms with Crippen LogP contribution in [0.1, 0.15) is 37.1 Å². The van der Waals surface area contributed by atoms with Gasteiger partial charge < -0.3 is 10.0 Å². The summed E-state index contributed by atoms with van der Waals surface area (Å²) in [6, 6.07) is -0.798. The molecule has 3 heterocycles. The number of hydrogen-bond acceptors (Lipinski definition) is 5. The van der Waals surface area contributed by atoms with Crippen molar-refractivity contribution in [2.75, 3.05) is 19.6 Å². The van der Waals surface area contributed by atoms with Gasteiger partial charge in [0.05, 0.1) is 17.3 Å². The van der Waals surface area contributed by atoms with Gasteiger partial charge in [0.2, 0.25) is 15.9 Å². The van der Waals surface area contributed by atoms with Gasteiger partial charge in [-0.05, 0) is 39.5 Å². The normalized spacial score (nSPS) is 24.8. The summed E-state index contributed by atoms with van der Waals surface area (Å²) in [5.41, 5.74) is 0.878. The zero-order valence-electron chi connectivity index (χ0n) is 14.9. The van der Waals surface area contributed by atoms with Crippen molar-refractivity contribution in [3.8, 4) is 0 Å². The summed E-state index contributed by atoms with van der Waals surface area (Å²) in [5, 5.41) is 15.9. The van der Waals surface area contributed by atoms with E-state index in [1.54, 1.807) is 13.8 Å². The van der Waals surface area contributed by atoms with E-state index in [1.165, 1.54) is 9.21 Å². The molecule has 0 saturated carbocycles. The number of carbonyl (C=O) groups excluding carboxylic acids is 1. The van der Waals surface area contributed by atoms with E-state index in [0.29, 0.717) is 50.2 Å². The van der Waals surface area contributed by atoms with Crippen LogP contribution in [0.4, 0.5) is 0 Å². The van der Waals surface area contributed by atoms with E-state index >= 15 is 0 Å². The largest absolute Gasteiger partial charge is 0.480 e. The summed E-state index contributed by atoms with van der Waals surface area (Å²) in [4.78, 5) is 25.7. The van der Waals surface area contributed by atoms with Gasteiger partial charge in [0.15, 0.2) is 0 Å². The molecule has 0 aromatic carbocycles. The third-order valence-corrected chi connectivity index (χ3v) is 7.34. The number of nitrogens with one attached hydrogen (secondary N) is 1. The van der Waals surface area contributed by atoms with E-state index in [2.05, 4.69) is 10.2 Å². The van der Waals surface area contributed by atoms with Crippen LogP contribution in [-0.2, 0) is 19.6 Å². The molecule has 1 aromatic rings. The summed E-state index contributed by atoms with van der Waals surface area (Å²) < 4.78 is 27.3. The highest BCUT2D eigenvalue weighted by molar-refractivity contribution is 7.89. The van der Waals surface area contributed by atoms with Gasteiger partial charge >= 0.3 is 5.97 Å². The number of aromatic nitrogens is 2. The maximum absolute atomic E-state index is 13.0. The molecule has 2 aliphatic heterocycles. The SMILES string of the molecule is Cc1n[nH]c(C)c1S(=O)(=O)N1CCCC(C(=O)N2CCC[C@H]2C(=O)O)C1. The average molecular weight is 384 g/mol. The minimum atomic E-state index is -3.75. The molecule has 3 rings (SSSR count). The summed E-state index contributed by atoms with van der Waals surface area (Å²) in [7, 11) is -3.75. The highest BCUT2D eigenvalue weighted by atomic mass is 32.2. The van der Waals surface area contributed by atoms with Gasteiger partial charge in [-0.1, -0.05) is 0 Å². The number of amides is 1. The molecule has 2 atom stereocenters. The standard InChI is InChI=1S/C16H24N4O5S/c1-10-14(11(2)18-17-10)26(24,25)19-7-3-5-12(9-19)15(21)20-8-4-6-13(20)16(22)23/h12-13H,3-9H2,1-2H3,(H,17,18)(H,22,23)/t12?,13-/m0/s1. The third kappa shape index (κ3) is 3.23. The van der Waals surface area contributed by atoms with Crippen LogP contribution in [0.2, 0.25) is 0 Å². The number of likely N-dealkylation sites (tertiary alicyclic amines) is 1. The van der Waals surface area contributed by atoms with E-state index in [0.717, 1.165) is 0 Å². The Morgan fingerprint density at radius 3 is 2.50 bits per heavy atom. The number of aryl methyl sites for hydroxylation is 2. The van der Waals surface area contributed by atoms with Crippen LogP contribution in [-0.4, -0.2) is 70.5 Å². The lowest BCUT2D eigenvalue weighted by molar-refractivity contribution is -0.150. The summed E-state index contributed by atoms with van der Waals surface area (Å²) in [6.45, 7) is 4.12. The number of H-pyrrole nitrogens is 1. The fourth-order valence-corrected chi connectivity index (χ4v) is 5.79. The Hall–Kier alpha value is -1.94. The van der Waals surface area contributed by atoms with Crippen molar-refractivity contribution in [2.24, 2.45) is 5.92 Å². The Kier molecular flexibility index (Phi) is 5.07. The van der Waals surface area contributed by atoms with E-state index < -0.39 is 28.0 Å². The van der Waals surface area contributed by atoms with Gasteiger partial charge in [0.1, 0.15) is 10.9 Å². The first-order chi connectivity index (χ1) is 12.2. The number of sulfonamides is 1. The summed E-state index contributed by atoms with van der Waals surface area (Å²) in [5.74, 6) is -1.76. The van der Waals surface area contributed by atoms with Crippen LogP contribution in [0.5, 0.6) is 0 Å². The molecule has 1 amide bonds. The molecule has 10 heteroatoms. The van der Waals surface area contributed by atoms with Crippen LogP contribution >= 0.6 is 0 Å². The average Bonchev–Trinajstić information content (AvgIpc) is 3.21. The van der Waals surface area contributed by atoms with Crippen molar-refractivity contribution in [3.05, 3.63) is 11.4 Å². The number of nitrogens with zero attached hydrogens (tertiary/aromatic N) is 3. The quantitative estimate of drug-likeness (QED) is 0.779. The van der Waals surface area contributed by atoms with Crippen molar-refractivity contribution in [3.63, 3.8) is 0 Å². The molecule has 2 N–H and O–H groups in total. The van der Waals surface area contributed by atoms with Crippen LogP contribution < -0.4 is 0 Å². The van der Waals surface area contributed by atoms with Gasteiger partial charge in [0, 0.05) is 19.6 Å². The monoisotopic (exact) mass is 384 g/mol. The molecule has 144 valence electrons. The molecule has 0 aliphatic carbocycles. The molecular formula is C16H24N4O5S. The minimum Gasteiger partial charge on any atom is -0.480 e. The molecule has 1 aromatic heterocycles. The highest BCUT2D eigenvalue weighted by Gasteiger charge is 2.41. The third-order valence-electron chi connectivity index (χ3n) is 5.21. The number of carbonyl (C=O) groups is 2. The van der Waals surface area contributed by atoms with Crippen molar-refractivity contribution in [1.82, 2.24) is 19.4 Å². The molecule has 2 aliphatic rings. The van der Waals surface area contributed by atoms with E-state index in [-0.39, 0.29) is 17.3 Å². The number of aliphatic carboxylic acids is 1. The molecule has 26 heavy (non-hydrogen) atoms. The maximum Gasteiger partial charge on any atom is 0.326 e. The number of rotatable bonds is 4. The van der Waals surface area contributed by atoms with Crippen molar-refractivity contribution < 1.29 is 23.1 Å². The predicted molar refractivity (Wildman–Crippen MR) is 91.9 cm³/mol. The first-order valence-corrected chi connectivity index (χ1v) is 10.2. The van der Waals surface area contributed by atoms with Crippen LogP contribution in [0, 0.1) is 19.8 Å². The number of carboxylic acids is 1. The Morgan fingerprint density at radius 1 is 1.19 bits per heavy atom. The van der Waals surface area contributed by atoms with Crippen LogP contribution in [0.3, 0.4) is 0 Å². The lowest BCUT2D eigenvalue weighted by Crippen LogP contribution is -2.49. The van der Waals surface area contributed by atoms with E-state index in [1.807, 2.05) is 0 Å². The smallest absolute Gasteiger partial charge is 0.326 e. The Morgan fingerprint density at radius 2 is 1.88 bits per heavy atom. The fraction of sp³-hybridized carbons (Fsp3) is 0.688. The number of carboxylic acid groups (broad SMARTS) is 1. The van der Waals surface area contributed by atoms with E-state index in [4.69, 9.17) is 0 Å². The molecule has 0 bridgehead atoms. The molecular weight excluding hydrogens is 360 g/mol. The molecule has 2 saturated heterocycles. The summed E-state index contributed by atoms with van der Waals surface area (Å²) >= 11 is 0. The molecule has 0 spiro atoms. The van der Waals surface area contributed by atoms with Gasteiger partial charge in [-0.25, -0.2) is 13.2 Å². The first-order valence-electron chi connectivity index (χ1n) is 8.78. The van der Waals surface area contributed by atoms with Crippen LogP contribution in [0.25, 0.3) is 0 Å². The second kappa shape index (κ2) is 6.99. The zero-order chi connectivity index (χ0) is 19.1. The van der Waals surface area contributed by atoms with Gasteiger partial charge in [-0.3, -0.25) is 9.89 Å². The highest BCUT2D eigenvalue weighted by Crippen LogP contribution is 2.29. The fourth-order valence-electron chi connectivity index (χ4n) is 3.93. The van der Waals surface area contributed by atoms with Crippen LogP contribution in [0.15, 0.2) is 4.90 Å². The Balaban J connectivity index is 1.79. The lowest BCUT2D eigenvalue weighted by Gasteiger charge is -2.34. The maximum atomic E-state index is 13.0. The second-order valence-corrected chi connectivity index (χ2v) is 8.87. The first kappa shape index (κ1) is 18.8. The molecule has 0 radical (unpaired) electrons. The topological polar surface area (TPSA) is 124 Å². The molecule has 2 fully saturated rings. The Bertz CT molecular complexity index is 799. The number of piperidine rings is 1. The van der Waals surface area contributed by atoms with Gasteiger partial charge in [0.25, 0.3) is 0 Å².